The first-order valence-corrected chi connectivity index (χ1v) is 6.73. The van der Waals surface area contributed by atoms with Gasteiger partial charge in [0.15, 0.2) is 0 Å². The number of ether oxygens (including phenoxy) is 1. The molecule has 0 radical (unpaired) electrons. The number of nitrogens with one attached hydrogen (secondary N) is 1. The lowest BCUT2D eigenvalue weighted by molar-refractivity contribution is -0.173. The smallest absolute Gasteiger partial charge is 0.411 e. The van der Waals surface area contributed by atoms with E-state index in [2.05, 4.69) is 10.1 Å². The minimum Gasteiger partial charge on any atom is -0.481 e. The number of carbonyl (C=O) groups is 2. The number of halogens is 3. The Bertz CT molecular complexity index is 416. The summed E-state index contributed by atoms with van der Waals surface area (Å²) in [5.74, 6) is -1.45. The Labute approximate surface area is 119 Å². The Balaban J connectivity index is 1.73. The number of aliphatic carboxylic acids is 1. The fourth-order valence-corrected chi connectivity index (χ4v) is 3.08. The minimum absolute atomic E-state index is 0.0391. The lowest BCUT2D eigenvalue weighted by Gasteiger charge is -2.23. The summed E-state index contributed by atoms with van der Waals surface area (Å²) < 4.78 is 39.9. The zero-order valence-corrected chi connectivity index (χ0v) is 11.2. The SMILES string of the molecule is O=C(O)C1CC2CCC1N2C(=O)NCCOCC(F)(F)F. The van der Waals surface area contributed by atoms with Crippen molar-refractivity contribution in [3.63, 3.8) is 0 Å². The maximum atomic E-state index is 12.0. The molecule has 0 aromatic heterocycles. The molecule has 2 N–H and O–H groups in total. The van der Waals surface area contributed by atoms with Gasteiger partial charge in [0.1, 0.15) is 6.61 Å². The van der Waals surface area contributed by atoms with Crippen LogP contribution < -0.4 is 5.32 Å². The fraction of sp³-hybridized carbons (Fsp3) is 0.833. The van der Waals surface area contributed by atoms with Crippen LogP contribution in [0.4, 0.5) is 18.0 Å². The van der Waals surface area contributed by atoms with E-state index in [1.165, 1.54) is 4.90 Å². The number of nitrogens with zero attached hydrogens (tertiary/aromatic N) is 1. The van der Waals surface area contributed by atoms with Crippen LogP contribution in [0.3, 0.4) is 0 Å². The zero-order valence-electron chi connectivity index (χ0n) is 11.2. The highest BCUT2D eigenvalue weighted by Crippen LogP contribution is 2.41. The maximum absolute atomic E-state index is 12.0. The van der Waals surface area contributed by atoms with E-state index in [0.29, 0.717) is 12.8 Å². The number of urea groups is 1. The first kappa shape index (κ1) is 15.9. The number of carbonyl (C=O) groups excluding carboxylic acids is 1. The molecular weight excluding hydrogens is 293 g/mol. The average Bonchev–Trinajstić information content (AvgIpc) is 2.94. The first-order valence-electron chi connectivity index (χ1n) is 6.73. The third-order valence-electron chi connectivity index (χ3n) is 3.88. The predicted octanol–water partition coefficient (Wildman–Crippen LogP) is 1.21. The van der Waals surface area contributed by atoms with Gasteiger partial charge in [0.25, 0.3) is 0 Å². The second-order valence-corrected chi connectivity index (χ2v) is 5.29. The molecule has 0 aliphatic carbocycles. The van der Waals surface area contributed by atoms with Crippen LogP contribution in [-0.4, -0.2) is 60.0 Å². The van der Waals surface area contributed by atoms with Crippen molar-refractivity contribution in [3.05, 3.63) is 0 Å². The molecule has 2 rings (SSSR count). The quantitative estimate of drug-likeness (QED) is 0.748. The molecule has 0 aromatic rings. The number of rotatable bonds is 5. The van der Waals surface area contributed by atoms with Gasteiger partial charge in [-0.05, 0) is 19.3 Å². The third-order valence-corrected chi connectivity index (χ3v) is 3.88. The number of fused-ring (bicyclic) bond motifs is 2. The number of hydrogen-bond donors (Lipinski definition) is 2. The fourth-order valence-electron chi connectivity index (χ4n) is 3.08. The number of hydrogen-bond acceptors (Lipinski definition) is 3. The van der Waals surface area contributed by atoms with Gasteiger partial charge in [-0.15, -0.1) is 0 Å². The van der Waals surface area contributed by atoms with E-state index < -0.39 is 30.7 Å². The van der Waals surface area contributed by atoms with Crippen molar-refractivity contribution in [2.45, 2.75) is 37.5 Å². The van der Waals surface area contributed by atoms with Crippen LogP contribution in [0.1, 0.15) is 19.3 Å². The van der Waals surface area contributed by atoms with E-state index in [9.17, 15) is 22.8 Å². The van der Waals surface area contributed by atoms with Gasteiger partial charge < -0.3 is 20.1 Å². The second kappa shape index (κ2) is 6.08. The van der Waals surface area contributed by atoms with Crippen LogP contribution in [0.5, 0.6) is 0 Å². The molecule has 6 nitrogen and oxygen atoms in total. The van der Waals surface area contributed by atoms with Crippen molar-refractivity contribution in [2.75, 3.05) is 19.8 Å². The highest BCUT2D eigenvalue weighted by Gasteiger charge is 2.51. The molecule has 0 spiro atoms. The summed E-state index contributed by atoms with van der Waals surface area (Å²) in [6.07, 6.45) is -2.52. The minimum atomic E-state index is -4.38. The number of amides is 2. The van der Waals surface area contributed by atoms with Gasteiger partial charge in [-0.2, -0.15) is 13.2 Å². The second-order valence-electron chi connectivity index (χ2n) is 5.29. The topological polar surface area (TPSA) is 78.9 Å². The number of carboxylic acids is 1. The number of carboxylic acid groups (broad SMARTS) is 1. The van der Waals surface area contributed by atoms with Crippen molar-refractivity contribution in [3.8, 4) is 0 Å². The van der Waals surface area contributed by atoms with Crippen LogP contribution in [0, 0.1) is 5.92 Å². The molecule has 3 atom stereocenters. The summed E-state index contributed by atoms with van der Waals surface area (Å²) in [5, 5.41) is 11.5. The summed E-state index contributed by atoms with van der Waals surface area (Å²) in [7, 11) is 0. The molecule has 3 unspecified atom stereocenters. The van der Waals surface area contributed by atoms with Crippen molar-refractivity contribution in [1.29, 1.82) is 0 Å². The standard InChI is InChI=1S/C12H17F3N2O4/c13-12(14,15)6-21-4-3-16-11(20)17-7-1-2-9(17)8(5-7)10(18)19/h7-9H,1-6H2,(H,16,20)(H,18,19). The molecule has 21 heavy (non-hydrogen) atoms. The van der Waals surface area contributed by atoms with Crippen LogP contribution in [0.25, 0.3) is 0 Å². The maximum Gasteiger partial charge on any atom is 0.411 e. The van der Waals surface area contributed by atoms with Gasteiger partial charge >= 0.3 is 18.2 Å². The molecule has 0 saturated carbocycles. The van der Waals surface area contributed by atoms with E-state index in [4.69, 9.17) is 5.11 Å². The Morgan fingerprint density at radius 3 is 2.62 bits per heavy atom. The molecule has 2 fully saturated rings. The molecule has 0 aromatic carbocycles. The number of alkyl halides is 3. The predicted molar refractivity (Wildman–Crippen MR) is 64.7 cm³/mol. The van der Waals surface area contributed by atoms with Gasteiger partial charge in [0.05, 0.1) is 12.5 Å². The van der Waals surface area contributed by atoms with E-state index in [1.807, 2.05) is 0 Å². The van der Waals surface area contributed by atoms with Crippen molar-refractivity contribution >= 4 is 12.0 Å². The highest BCUT2D eigenvalue weighted by atomic mass is 19.4. The Kier molecular flexibility index (Phi) is 4.60. The Hall–Kier alpha value is -1.51. The van der Waals surface area contributed by atoms with Gasteiger partial charge in [-0.1, -0.05) is 0 Å². The molecule has 2 amide bonds. The summed E-state index contributed by atoms with van der Waals surface area (Å²) in [6.45, 7) is -1.63. The first-order chi connectivity index (χ1) is 9.79. The van der Waals surface area contributed by atoms with E-state index in [0.717, 1.165) is 6.42 Å². The van der Waals surface area contributed by atoms with Crippen LogP contribution in [-0.2, 0) is 9.53 Å². The average molecular weight is 310 g/mol. The molecule has 2 saturated heterocycles. The Morgan fingerprint density at radius 1 is 1.33 bits per heavy atom. The van der Waals surface area contributed by atoms with Crippen molar-refractivity contribution in [2.24, 2.45) is 5.92 Å². The van der Waals surface area contributed by atoms with Crippen LogP contribution >= 0.6 is 0 Å². The largest absolute Gasteiger partial charge is 0.481 e. The van der Waals surface area contributed by atoms with Gasteiger partial charge in [0.2, 0.25) is 0 Å². The van der Waals surface area contributed by atoms with Gasteiger partial charge in [-0.3, -0.25) is 4.79 Å². The molecule has 2 aliphatic heterocycles. The third kappa shape index (κ3) is 3.78. The lowest BCUT2D eigenvalue weighted by atomic mass is 9.89. The summed E-state index contributed by atoms with van der Waals surface area (Å²) >= 11 is 0. The molecule has 2 bridgehead atoms. The zero-order chi connectivity index (χ0) is 15.6. The molecular formula is C12H17F3N2O4. The monoisotopic (exact) mass is 310 g/mol. The van der Waals surface area contributed by atoms with E-state index >= 15 is 0 Å². The van der Waals surface area contributed by atoms with Crippen LogP contribution in [0.15, 0.2) is 0 Å². The normalized spacial score (nSPS) is 28.0. The highest BCUT2D eigenvalue weighted by molar-refractivity contribution is 5.79. The van der Waals surface area contributed by atoms with Gasteiger partial charge in [-0.25, -0.2) is 4.79 Å². The van der Waals surface area contributed by atoms with E-state index in [-0.39, 0.29) is 25.2 Å². The lowest BCUT2D eigenvalue weighted by Crippen LogP contribution is -2.45. The van der Waals surface area contributed by atoms with Gasteiger partial charge in [0, 0.05) is 18.6 Å². The molecule has 2 heterocycles. The summed E-state index contributed by atoms with van der Waals surface area (Å²) in [6, 6.07) is -0.836. The summed E-state index contributed by atoms with van der Waals surface area (Å²) in [5.41, 5.74) is 0. The molecule has 9 heteroatoms. The summed E-state index contributed by atoms with van der Waals surface area (Å²) in [4.78, 5) is 24.6. The molecule has 2 aliphatic rings. The Morgan fingerprint density at radius 2 is 2.05 bits per heavy atom. The van der Waals surface area contributed by atoms with E-state index in [1.54, 1.807) is 0 Å². The van der Waals surface area contributed by atoms with Crippen molar-refractivity contribution < 1.29 is 32.6 Å². The molecule has 120 valence electrons. The van der Waals surface area contributed by atoms with Crippen molar-refractivity contribution in [1.82, 2.24) is 10.2 Å². The van der Waals surface area contributed by atoms with Crippen LogP contribution in [0.2, 0.25) is 0 Å².